The van der Waals surface area contributed by atoms with Gasteiger partial charge >= 0.3 is 6.09 Å². The maximum Gasteiger partial charge on any atom is 0.404 e. The molecule has 0 fully saturated rings. The minimum absolute atomic E-state index is 0.000314. The number of aromatic nitrogens is 1. The van der Waals surface area contributed by atoms with Gasteiger partial charge in [-0.25, -0.2) is 9.78 Å². The Labute approximate surface area is 140 Å². The van der Waals surface area contributed by atoms with Crippen LogP contribution in [0.15, 0.2) is 40.4 Å². The van der Waals surface area contributed by atoms with Crippen molar-refractivity contribution in [3.8, 4) is 0 Å². The Kier molecular flexibility index (Phi) is 5.65. The number of carbonyl (C=O) groups excluding carboxylic acids is 1. The predicted octanol–water partition coefficient (Wildman–Crippen LogP) is 4.12. The third-order valence-electron chi connectivity index (χ3n) is 2.70. The lowest BCUT2D eigenvalue weighted by Gasteiger charge is -2.12. The lowest BCUT2D eigenvalue weighted by molar-refractivity contribution is 0.112. The molecule has 5 nitrogen and oxygen atoms in total. The first kappa shape index (κ1) is 16.6. The number of halogens is 2. The largest absolute Gasteiger partial charge is 0.465 e. The zero-order chi connectivity index (χ0) is 16.1. The SMILES string of the molecule is O=Cc1cccnc1Sc1ccc(Cl)c(Cl)c1CNC(=O)O. The van der Waals surface area contributed by atoms with Gasteiger partial charge in [0.25, 0.3) is 0 Å². The molecular weight excluding hydrogens is 347 g/mol. The van der Waals surface area contributed by atoms with Gasteiger partial charge in [0.2, 0.25) is 0 Å². The zero-order valence-corrected chi connectivity index (χ0v) is 13.4. The number of carboxylic acid groups (broad SMARTS) is 1. The molecule has 22 heavy (non-hydrogen) atoms. The number of nitrogens with zero attached hydrogens (tertiary/aromatic N) is 1. The van der Waals surface area contributed by atoms with E-state index in [0.717, 1.165) is 0 Å². The van der Waals surface area contributed by atoms with Crippen LogP contribution in [0.5, 0.6) is 0 Å². The van der Waals surface area contributed by atoms with Crippen molar-refractivity contribution in [1.82, 2.24) is 10.3 Å². The molecule has 114 valence electrons. The van der Waals surface area contributed by atoms with Crippen molar-refractivity contribution in [3.63, 3.8) is 0 Å². The van der Waals surface area contributed by atoms with E-state index in [4.69, 9.17) is 28.3 Å². The molecule has 0 spiro atoms. The quantitative estimate of drug-likeness (QED) is 0.787. The molecule has 0 saturated carbocycles. The highest BCUT2D eigenvalue weighted by molar-refractivity contribution is 7.99. The second kappa shape index (κ2) is 7.49. The van der Waals surface area contributed by atoms with Crippen LogP contribution in [0, 0.1) is 0 Å². The number of amides is 1. The number of hydrogen-bond donors (Lipinski definition) is 2. The van der Waals surface area contributed by atoms with E-state index in [0.29, 0.717) is 32.4 Å². The van der Waals surface area contributed by atoms with Crippen molar-refractivity contribution in [2.75, 3.05) is 0 Å². The molecule has 2 aromatic rings. The Morgan fingerprint density at radius 2 is 2.14 bits per heavy atom. The summed E-state index contributed by atoms with van der Waals surface area (Å²) in [7, 11) is 0. The zero-order valence-electron chi connectivity index (χ0n) is 11.0. The summed E-state index contributed by atoms with van der Waals surface area (Å²) in [5, 5.41) is 12.1. The number of nitrogens with one attached hydrogen (secondary N) is 1. The molecule has 1 aromatic carbocycles. The lowest BCUT2D eigenvalue weighted by atomic mass is 10.2. The van der Waals surface area contributed by atoms with Gasteiger partial charge < -0.3 is 10.4 Å². The summed E-state index contributed by atoms with van der Waals surface area (Å²) in [5.74, 6) is 0. The average molecular weight is 357 g/mol. The average Bonchev–Trinajstić information content (AvgIpc) is 2.50. The number of benzene rings is 1. The molecule has 0 unspecified atom stereocenters. The van der Waals surface area contributed by atoms with Gasteiger partial charge in [-0.2, -0.15) is 0 Å². The third-order valence-corrected chi connectivity index (χ3v) is 4.68. The summed E-state index contributed by atoms with van der Waals surface area (Å²) in [6.45, 7) is 0.000314. The molecule has 0 atom stereocenters. The number of rotatable bonds is 5. The Hall–Kier alpha value is -1.76. The van der Waals surface area contributed by atoms with Crippen molar-refractivity contribution >= 4 is 47.3 Å². The van der Waals surface area contributed by atoms with Gasteiger partial charge in [0.05, 0.1) is 10.0 Å². The molecule has 0 aliphatic rings. The molecule has 8 heteroatoms. The standard InChI is InChI=1S/C14H10Cl2N2O3S/c15-10-3-4-11(9(12(10)16)6-18-14(20)21)22-13-8(7-19)2-1-5-17-13/h1-5,7,18H,6H2,(H,20,21). The van der Waals surface area contributed by atoms with Gasteiger partial charge in [0, 0.05) is 28.8 Å². The monoisotopic (exact) mass is 356 g/mol. The Balaban J connectivity index is 2.39. The van der Waals surface area contributed by atoms with Crippen molar-refractivity contribution < 1.29 is 14.7 Å². The summed E-state index contributed by atoms with van der Waals surface area (Å²) in [6.07, 6.45) is 1.11. The van der Waals surface area contributed by atoms with Crippen molar-refractivity contribution in [2.45, 2.75) is 16.5 Å². The summed E-state index contributed by atoms with van der Waals surface area (Å²) >= 11 is 13.3. The number of aldehydes is 1. The molecule has 1 heterocycles. The highest BCUT2D eigenvalue weighted by Gasteiger charge is 2.15. The maximum absolute atomic E-state index is 11.0. The summed E-state index contributed by atoms with van der Waals surface area (Å²) in [4.78, 5) is 26.6. The Bertz CT molecular complexity index is 725. The molecule has 0 aliphatic heterocycles. The fraction of sp³-hybridized carbons (Fsp3) is 0.0714. The van der Waals surface area contributed by atoms with Gasteiger partial charge in [-0.1, -0.05) is 35.0 Å². The second-order valence-corrected chi connectivity index (χ2v) is 5.93. The van der Waals surface area contributed by atoms with Crippen LogP contribution in [0.25, 0.3) is 0 Å². The van der Waals surface area contributed by atoms with Crippen LogP contribution < -0.4 is 5.32 Å². The van der Waals surface area contributed by atoms with Gasteiger partial charge in [0.1, 0.15) is 5.03 Å². The fourth-order valence-electron chi connectivity index (χ4n) is 1.68. The normalized spacial score (nSPS) is 10.3. The van der Waals surface area contributed by atoms with Gasteiger partial charge in [0.15, 0.2) is 6.29 Å². The van der Waals surface area contributed by atoms with E-state index in [9.17, 15) is 9.59 Å². The molecule has 0 bridgehead atoms. The van der Waals surface area contributed by atoms with Gasteiger partial charge in [-0.15, -0.1) is 0 Å². The van der Waals surface area contributed by atoms with Crippen LogP contribution in [0.2, 0.25) is 10.0 Å². The molecule has 1 amide bonds. The smallest absolute Gasteiger partial charge is 0.404 e. The van der Waals surface area contributed by atoms with E-state index in [1.165, 1.54) is 11.8 Å². The predicted molar refractivity (Wildman–Crippen MR) is 85.1 cm³/mol. The fourth-order valence-corrected chi connectivity index (χ4v) is 3.14. The molecule has 2 N–H and O–H groups in total. The molecular formula is C14H10Cl2N2O3S. The highest BCUT2D eigenvalue weighted by Crippen LogP contribution is 2.37. The van der Waals surface area contributed by atoms with Crippen molar-refractivity contribution in [3.05, 3.63) is 51.6 Å². The summed E-state index contributed by atoms with van der Waals surface area (Å²) in [5.41, 5.74) is 0.972. The van der Waals surface area contributed by atoms with E-state index in [1.54, 1.807) is 30.5 Å². The number of carbonyl (C=O) groups is 2. The van der Waals surface area contributed by atoms with E-state index >= 15 is 0 Å². The Morgan fingerprint density at radius 1 is 1.36 bits per heavy atom. The van der Waals surface area contributed by atoms with Gasteiger partial charge in [-0.3, -0.25) is 4.79 Å². The van der Waals surface area contributed by atoms with E-state index in [1.807, 2.05) is 0 Å². The molecule has 0 radical (unpaired) electrons. The van der Waals surface area contributed by atoms with Crippen LogP contribution in [-0.2, 0) is 6.54 Å². The molecule has 0 aliphatic carbocycles. The van der Waals surface area contributed by atoms with Crippen LogP contribution in [0.4, 0.5) is 4.79 Å². The summed E-state index contributed by atoms with van der Waals surface area (Å²) < 4.78 is 0. The first-order valence-electron chi connectivity index (χ1n) is 6.04. The molecule has 1 aromatic heterocycles. The van der Waals surface area contributed by atoms with Crippen LogP contribution in [-0.4, -0.2) is 22.5 Å². The minimum Gasteiger partial charge on any atom is -0.465 e. The van der Waals surface area contributed by atoms with E-state index in [2.05, 4.69) is 10.3 Å². The molecule has 0 saturated heterocycles. The first-order chi connectivity index (χ1) is 10.5. The summed E-state index contributed by atoms with van der Waals surface area (Å²) in [6, 6.07) is 6.63. The third kappa shape index (κ3) is 3.91. The highest BCUT2D eigenvalue weighted by atomic mass is 35.5. The van der Waals surface area contributed by atoms with Crippen LogP contribution >= 0.6 is 35.0 Å². The topological polar surface area (TPSA) is 79.3 Å². The maximum atomic E-state index is 11.0. The number of pyridine rings is 1. The Morgan fingerprint density at radius 3 is 2.82 bits per heavy atom. The van der Waals surface area contributed by atoms with Crippen molar-refractivity contribution in [1.29, 1.82) is 0 Å². The van der Waals surface area contributed by atoms with Crippen molar-refractivity contribution in [2.24, 2.45) is 0 Å². The molecule has 2 rings (SSSR count). The second-order valence-electron chi connectivity index (χ2n) is 4.11. The van der Waals surface area contributed by atoms with Gasteiger partial charge in [-0.05, 0) is 24.3 Å². The van der Waals surface area contributed by atoms with Crippen LogP contribution in [0.3, 0.4) is 0 Å². The lowest BCUT2D eigenvalue weighted by Crippen LogP contribution is -2.20. The number of hydrogen-bond acceptors (Lipinski definition) is 4. The van der Waals surface area contributed by atoms with Crippen LogP contribution in [0.1, 0.15) is 15.9 Å². The minimum atomic E-state index is -1.17. The van der Waals surface area contributed by atoms with E-state index < -0.39 is 6.09 Å². The first-order valence-corrected chi connectivity index (χ1v) is 7.62. The van der Waals surface area contributed by atoms with E-state index in [-0.39, 0.29) is 11.6 Å².